The van der Waals surface area contributed by atoms with E-state index in [-0.39, 0.29) is 5.54 Å². The van der Waals surface area contributed by atoms with E-state index in [1.54, 1.807) is 0 Å². The average Bonchev–Trinajstić information content (AvgIpc) is 2.42. The van der Waals surface area contributed by atoms with Crippen molar-refractivity contribution in [1.29, 1.82) is 0 Å². The standard InChI is InChI=1S/C17H29ClN2S/c1-6-20(7-2)10-11-21-16-9-8-14(12-15(16)18)13-19-17(3,4)5/h8-9,12,19H,6-7,10-11,13H2,1-5H3. The second-order valence-electron chi connectivity index (χ2n) is 6.24. The lowest BCUT2D eigenvalue weighted by atomic mass is 10.1. The molecule has 0 aliphatic heterocycles. The van der Waals surface area contributed by atoms with Crippen LogP contribution in [0.5, 0.6) is 0 Å². The third-order valence-corrected chi connectivity index (χ3v) is 4.86. The molecule has 0 radical (unpaired) electrons. The van der Waals surface area contributed by atoms with Crippen LogP contribution in [-0.2, 0) is 6.54 Å². The van der Waals surface area contributed by atoms with E-state index in [4.69, 9.17) is 11.6 Å². The van der Waals surface area contributed by atoms with Gasteiger partial charge in [0.1, 0.15) is 0 Å². The number of nitrogens with one attached hydrogen (secondary N) is 1. The van der Waals surface area contributed by atoms with Gasteiger partial charge in [-0.3, -0.25) is 0 Å². The van der Waals surface area contributed by atoms with Crippen LogP contribution in [0, 0.1) is 0 Å². The maximum Gasteiger partial charge on any atom is 0.0545 e. The molecule has 0 heterocycles. The summed E-state index contributed by atoms with van der Waals surface area (Å²) in [6, 6.07) is 6.40. The highest BCUT2D eigenvalue weighted by molar-refractivity contribution is 7.99. The minimum atomic E-state index is 0.129. The molecule has 1 aromatic carbocycles. The number of hydrogen-bond acceptors (Lipinski definition) is 3. The molecule has 0 aromatic heterocycles. The Bertz CT molecular complexity index is 425. The number of rotatable bonds is 8. The summed E-state index contributed by atoms with van der Waals surface area (Å²) < 4.78 is 0. The molecule has 21 heavy (non-hydrogen) atoms. The van der Waals surface area contributed by atoms with Gasteiger partial charge in [-0.2, -0.15) is 0 Å². The highest BCUT2D eigenvalue weighted by atomic mass is 35.5. The Morgan fingerprint density at radius 1 is 1.19 bits per heavy atom. The molecule has 1 aromatic rings. The van der Waals surface area contributed by atoms with Crippen molar-refractivity contribution in [3.05, 3.63) is 28.8 Å². The van der Waals surface area contributed by atoms with E-state index < -0.39 is 0 Å². The van der Waals surface area contributed by atoms with Crippen LogP contribution in [0.15, 0.2) is 23.1 Å². The fourth-order valence-electron chi connectivity index (χ4n) is 1.96. The van der Waals surface area contributed by atoms with Crippen LogP contribution < -0.4 is 5.32 Å². The number of halogens is 1. The molecule has 0 aliphatic carbocycles. The van der Waals surface area contributed by atoms with Gasteiger partial charge in [-0.05, 0) is 51.6 Å². The third kappa shape index (κ3) is 7.55. The van der Waals surface area contributed by atoms with Crippen LogP contribution in [0.3, 0.4) is 0 Å². The van der Waals surface area contributed by atoms with Gasteiger partial charge in [0, 0.05) is 29.3 Å². The predicted octanol–water partition coefficient (Wildman–Crippen LogP) is 4.66. The zero-order valence-electron chi connectivity index (χ0n) is 14.0. The van der Waals surface area contributed by atoms with Crippen molar-refractivity contribution >= 4 is 23.4 Å². The largest absolute Gasteiger partial charge is 0.308 e. The summed E-state index contributed by atoms with van der Waals surface area (Å²) in [5.41, 5.74) is 1.37. The van der Waals surface area contributed by atoms with E-state index in [0.29, 0.717) is 0 Å². The molecular formula is C17H29ClN2S. The molecule has 0 aliphatic rings. The highest BCUT2D eigenvalue weighted by Gasteiger charge is 2.09. The first kappa shape index (κ1) is 18.8. The zero-order chi connectivity index (χ0) is 15.9. The molecule has 120 valence electrons. The summed E-state index contributed by atoms with van der Waals surface area (Å²) in [6.07, 6.45) is 0. The van der Waals surface area contributed by atoms with Crippen molar-refractivity contribution in [1.82, 2.24) is 10.2 Å². The first-order chi connectivity index (χ1) is 9.85. The van der Waals surface area contributed by atoms with Gasteiger partial charge in [0.05, 0.1) is 5.02 Å². The Balaban J connectivity index is 2.50. The SMILES string of the molecule is CCN(CC)CCSc1ccc(CNC(C)(C)C)cc1Cl. The van der Waals surface area contributed by atoms with E-state index >= 15 is 0 Å². The number of nitrogens with zero attached hydrogens (tertiary/aromatic N) is 1. The first-order valence-electron chi connectivity index (χ1n) is 7.74. The molecule has 0 atom stereocenters. The van der Waals surface area contributed by atoms with Crippen LogP contribution in [0.25, 0.3) is 0 Å². The maximum atomic E-state index is 6.40. The van der Waals surface area contributed by atoms with Gasteiger partial charge < -0.3 is 10.2 Å². The van der Waals surface area contributed by atoms with Gasteiger partial charge in [0.2, 0.25) is 0 Å². The second kappa shape index (κ2) is 9.04. The summed E-state index contributed by atoms with van der Waals surface area (Å²) in [7, 11) is 0. The van der Waals surface area contributed by atoms with E-state index in [0.717, 1.165) is 37.0 Å². The van der Waals surface area contributed by atoms with Gasteiger partial charge in [0.25, 0.3) is 0 Å². The highest BCUT2D eigenvalue weighted by Crippen LogP contribution is 2.28. The summed E-state index contributed by atoms with van der Waals surface area (Å²) in [5.74, 6) is 1.08. The fourth-order valence-corrected chi connectivity index (χ4v) is 3.26. The Kier molecular flexibility index (Phi) is 8.10. The van der Waals surface area contributed by atoms with Crippen molar-refractivity contribution in [3.63, 3.8) is 0 Å². The Morgan fingerprint density at radius 2 is 1.86 bits per heavy atom. The van der Waals surface area contributed by atoms with Gasteiger partial charge >= 0.3 is 0 Å². The van der Waals surface area contributed by atoms with Crippen molar-refractivity contribution in [2.75, 3.05) is 25.4 Å². The predicted molar refractivity (Wildman–Crippen MR) is 96.6 cm³/mol. The molecule has 0 fully saturated rings. The van der Waals surface area contributed by atoms with Crippen LogP contribution in [-0.4, -0.2) is 35.8 Å². The summed E-state index contributed by atoms with van der Waals surface area (Å²) in [5, 5.41) is 4.35. The van der Waals surface area contributed by atoms with Gasteiger partial charge in [0.15, 0.2) is 0 Å². The minimum Gasteiger partial charge on any atom is -0.308 e. The number of thioether (sulfide) groups is 1. The van der Waals surface area contributed by atoms with E-state index in [2.05, 4.69) is 63.0 Å². The lowest BCUT2D eigenvalue weighted by molar-refractivity contribution is 0.324. The lowest BCUT2D eigenvalue weighted by Crippen LogP contribution is -2.35. The second-order valence-corrected chi connectivity index (χ2v) is 7.79. The Hall–Kier alpha value is -0.220. The molecule has 0 spiro atoms. The first-order valence-corrected chi connectivity index (χ1v) is 9.10. The number of benzene rings is 1. The van der Waals surface area contributed by atoms with Gasteiger partial charge in [-0.25, -0.2) is 0 Å². The molecule has 4 heteroatoms. The smallest absolute Gasteiger partial charge is 0.0545 e. The van der Waals surface area contributed by atoms with E-state index in [1.165, 1.54) is 10.5 Å². The summed E-state index contributed by atoms with van der Waals surface area (Å²) >= 11 is 8.24. The molecule has 1 rings (SSSR count). The number of hydrogen-bond donors (Lipinski definition) is 1. The van der Waals surface area contributed by atoms with Crippen LogP contribution in [0.2, 0.25) is 5.02 Å². The summed E-state index contributed by atoms with van der Waals surface area (Å²) in [4.78, 5) is 3.62. The van der Waals surface area contributed by atoms with E-state index in [1.807, 2.05) is 11.8 Å². The molecule has 0 saturated heterocycles. The molecule has 0 bridgehead atoms. The van der Waals surface area contributed by atoms with Crippen molar-refractivity contribution in [2.24, 2.45) is 0 Å². The van der Waals surface area contributed by atoms with Gasteiger partial charge in [-0.1, -0.05) is 31.5 Å². The van der Waals surface area contributed by atoms with Crippen molar-refractivity contribution < 1.29 is 0 Å². The quantitative estimate of drug-likeness (QED) is 0.698. The monoisotopic (exact) mass is 328 g/mol. The molecule has 1 N–H and O–H groups in total. The maximum absolute atomic E-state index is 6.40. The topological polar surface area (TPSA) is 15.3 Å². The van der Waals surface area contributed by atoms with Crippen molar-refractivity contribution in [2.45, 2.75) is 51.6 Å². The van der Waals surface area contributed by atoms with Crippen molar-refractivity contribution in [3.8, 4) is 0 Å². The van der Waals surface area contributed by atoms with Gasteiger partial charge in [-0.15, -0.1) is 11.8 Å². The van der Waals surface area contributed by atoms with Crippen LogP contribution >= 0.6 is 23.4 Å². The molecule has 0 saturated carbocycles. The Morgan fingerprint density at radius 3 is 2.38 bits per heavy atom. The summed E-state index contributed by atoms with van der Waals surface area (Å²) in [6.45, 7) is 15.1. The zero-order valence-corrected chi connectivity index (χ0v) is 15.6. The minimum absolute atomic E-state index is 0.129. The third-order valence-electron chi connectivity index (χ3n) is 3.38. The molecule has 2 nitrogen and oxygen atoms in total. The normalized spacial score (nSPS) is 12.1. The Labute approximate surface area is 139 Å². The molecule has 0 amide bonds. The average molecular weight is 329 g/mol. The molecule has 0 unspecified atom stereocenters. The fraction of sp³-hybridized carbons (Fsp3) is 0.647. The lowest BCUT2D eigenvalue weighted by Gasteiger charge is -2.21. The molecular weight excluding hydrogens is 300 g/mol. The van der Waals surface area contributed by atoms with E-state index in [9.17, 15) is 0 Å². The van der Waals surface area contributed by atoms with Crippen LogP contribution in [0.4, 0.5) is 0 Å². The van der Waals surface area contributed by atoms with Crippen LogP contribution in [0.1, 0.15) is 40.2 Å².